The number of carbonyl (C=O) groups excluding carboxylic acids is 3. The Hall–Kier alpha value is -2.11. The second-order valence-corrected chi connectivity index (χ2v) is 19.9. The van der Waals surface area contributed by atoms with Gasteiger partial charge in [-0.05, 0) is 70.6 Å². The van der Waals surface area contributed by atoms with Crippen LogP contribution in [0.3, 0.4) is 0 Å². The molecule has 0 rings (SSSR count). The molecule has 6 heteroatoms. The van der Waals surface area contributed by atoms with Gasteiger partial charge < -0.3 is 14.2 Å². The summed E-state index contributed by atoms with van der Waals surface area (Å²) in [6.07, 6.45) is 64.6. The van der Waals surface area contributed by atoms with E-state index in [1.807, 2.05) is 0 Å². The van der Waals surface area contributed by atoms with Crippen LogP contribution in [-0.2, 0) is 28.6 Å². The molecule has 0 aromatic heterocycles. The fourth-order valence-corrected chi connectivity index (χ4v) is 8.73. The zero-order valence-corrected chi connectivity index (χ0v) is 44.5. The van der Waals surface area contributed by atoms with Crippen LogP contribution in [-0.4, -0.2) is 37.2 Å². The normalized spacial score (nSPS) is 12.1. The summed E-state index contributed by atoms with van der Waals surface area (Å²) in [5.74, 6) is -0.871. The zero-order chi connectivity index (χ0) is 47.9. The lowest BCUT2D eigenvalue weighted by atomic mass is 10.0. The van der Waals surface area contributed by atoms with Crippen molar-refractivity contribution in [1.82, 2.24) is 0 Å². The fraction of sp³-hybridized carbons (Fsp3) is 0.883. The Labute approximate surface area is 411 Å². The largest absolute Gasteiger partial charge is 0.462 e. The summed E-state index contributed by atoms with van der Waals surface area (Å²) in [6, 6.07) is 0. The Morgan fingerprint density at radius 2 is 0.500 bits per heavy atom. The van der Waals surface area contributed by atoms with Crippen molar-refractivity contribution >= 4 is 17.9 Å². The number of allylic oxidation sites excluding steroid dienone is 4. The molecule has 0 aliphatic rings. The van der Waals surface area contributed by atoms with Gasteiger partial charge in [-0.25, -0.2) is 0 Å². The number of hydrogen-bond donors (Lipinski definition) is 0. The topological polar surface area (TPSA) is 78.9 Å². The smallest absolute Gasteiger partial charge is 0.306 e. The van der Waals surface area contributed by atoms with Crippen LogP contribution in [0, 0.1) is 0 Å². The van der Waals surface area contributed by atoms with Gasteiger partial charge in [-0.15, -0.1) is 0 Å². The molecule has 0 aromatic carbocycles. The van der Waals surface area contributed by atoms with Gasteiger partial charge in [0.15, 0.2) is 6.10 Å². The maximum Gasteiger partial charge on any atom is 0.306 e. The standard InChI is InChI=1S/C60H112O6/c1-4-7-10-13-16-19-22-25-28-29-30-31-32-33-36-38-41-44-47-50-53-59(62)65-56-57(66-60(63)54-51-48-45-42-39-35-27-24-21-18-15-12-9-6-3)55-64-58(61)52-49-46-43-40-37-34-26-23-20-17-14-11-8-5-2/h23-24,26-27,57H,4-22,25,28-56H2,1-3H3/b26-23-,27-24-. The van der Waals surface area contributed by atoms with Crippen LogP contribution in [0.25, 0.3) is 0 Å². The molecule has 0 saturated heterocycles. The molecule has 0 saturated carbocycles. The third-order valence-electron chi connectivity index (χ3n) is 13.2. The monoisotopic (exact) mass is 929 g/mol. The van der Waals surface area contributed by atoms with Gasteiger partial charge in [-0.2, -0.15) is 0 Å². The minimum absolute atomic E-state index is 0.0728. The molecule has 1 unspecified atom stereocenters. The molecule has 0 amide bonds. The molecule has 388 valence electrons. The van der Waals surface area contributed by atoms with Crippen molar-refractivity contribution in [3.8, 4) is 0 Å². The summed E-state index contributed by atoms with van der Waals surface area (Å²) in [7, 11) is 0. The highest BCUT2D eigenvalue weighted by atomic mass is 16.6. The van der Waals surface area contributed by atoms with Crippen molar-refractivity contribution in [2.24, 2.45) is 0 Å². The van der Waals surface area contributed by atoms with Crippen LogP contribution in [0.5, 0.6) is 0 Å². The van der Waals surface area contributed by atoms with Gasteiger partial charge in [0.1, 0.15) is 13.2 Å². The molecule has 66 heavy (non-hydrogen) atoms. The predicted molar refractivity (Wildman–Crippen MR) is 284 cm³/mol. The molecule has 0 aromatic rings. The first kappa shape index (κ1) is 63.9. The molecular weight excluding hydrogens is 817 g/mol. The number of carbonyl (C=O) groups is 3. The van der Waals surface area contributed by atoms with Gasteiger partial charge in [0, 0.05) is 19.3 Å². The molecular formula is C60H112O6. The molecule has 0 aliphatic heterocycles. The van der Waals surface area contributed by atoms with E-state index in [-0.39, 0.29) is 31.1 Å². The van der Waals surface area contributed by atoms with Gasteiger partial charge in [0.2, 0.25) is 0 Å². The summed E-state index contributed by atoms with van der Waals surface area (Å²) in [5.41, 5.74) is 0. The van der Waals surface area contributed by atoms with E-state index in [2.05, 4.69) is 45.1 Å². The molecule has 0 heterocycles. The minimum atomic E-state index is -0.775. The second kappa shape index (κ2) is 55.5. The SMILES string of the molecule is CCCCCCC/C=C\CCCCCCCC(=O)OCC(COC(=O)CCCCCCCCCCCCCCCCCCCCCC)OC(=O)CCCCCCC/C=C\CCCCCCC. The molecule has 0 fully saturated rings. The van der Waals surface area contributed by atoms with Crippen molar-refractivity contribution in [3.63, 3.8) is 0 Å². The van der Waals surface area contributed by atoms with E-state index in [9.17, 15) is 14.4 Å². The van der Waals surface area contributed by atoms with E-state index in [1.54, 1.807) is 0 Å². The summed E-state index contributed by atoms with van der Waals surface area (Å²) in [5, 5.41) is 0. The van der Waals surface area contributed by atoms with Crippen LogP contribution in [0.4, 0.5) is 0 Å². The Balaban J connectivity index is 4.30. The average molecular weight is 930 g/mol. The first-order valence-corrected chi connectivity index (χ1v) is 29.3. The van der Waals surface area contributed by atoms with Crippen molar-refractivity contribution in [2.75, 3.05) is 13.2 Å². The van der Waals surface area contributed by atoms with Gasteiger partial charge in [0.05, 0.1) is 0 Å². The van der Waals surface area contributed by atoms with Crippen LogP contribution in [0.1, 0.15) is 323 Å². The molecule has 0 bridgehead atoms. The minimum Gasteiger partial charge on any atom is -0.462 e. The maximum absolute atomic E-state index is 12.8. The third kappa shape index (κ3) is 52.9. The summed E-state index contributed by atoms with van der Waals surface area (Å²) in [4.78, 5) is 38.1. The van der Waals surface area contributed by atoms with Crippen molar-refractivity contribution in [1.29, 1.82) is 0 Å². The van der Waals surface area contributed by atoms with Gasteiger partial charge >= 0.3 is 17.9 Å². The molecule has 1 atom stereocenters. The van der Waals surface area contributed by atoms with Crippen LogP contribution >= 0.6 is 0 Å². The maximum atomic E-state index is 12.8. The number of hydrogen-bond acceptors (Lipinski definition) is 6. The molecule has 0 radical (unpaired) electrons. The summed E-state index contributed by atoms with van der Waals surface area (Å²) in [6.45, 7) is 6.66. The number of unbranched alkanes of at least 4 members (excludes halogenated alkanes) is 39. The lowest BCUT2D eigenvalue weighted by molar-refractivity contribution is -0.167. The van der Waals surface area contributed by atoms with Gasteiger partial charge in [-0.3, -0.25) is 14.4 Å². The first-order chi connectivity index (χ1) is 32.5. The summed E-state index contributed by atoms with van der Waals surface area (Å²) >= 11 is 0. The van der Waals surface area contributed by atoms with E-state index in [1.165, 1.54) is 212 Å². The Morgan fingerprint density at radius 1 is 0.288 bits per heavy atom. The van der Waals surface area contributed by atoms with E-state index in [4.69, 9.17) is 14.2 Å². The molecule has 0 spiro atoms. The van der Waals surface area contributed by atoms with Crippen molar-refractivity contribution in [3.05, 3.63) is 24.3 Å². The number of ether oxygens (including phenoxy) is 3. The highest BCUT2D eigenvalue weighted by molar-refractivity contribution is 5.71. The molecule has 0 N–H and O–H groups in total. The quantitative estimate of drug-likeness (QED) is 0.0262. The Kier molecular flexibility index (Phi) is 53.7. The van der Waals surface area contributed by atoms with Crippen LogP contribution in [0.15, 0.2) is 24.3 Å². The first-order valence-electron chi connectivity index (χ1n) is 29.3. The zero-order valence-electron chi connectivity index (χ0n) is 44.5. The van der Waals surface area contributed by atoms with E-state index < -0.39 is 6.10 Å². The fourth-order valence-electron chi connectivity index (χ4n) is 8.73. The predicted octanol–water partition coefficient (Wildman–Crippen LogP) is 19.5. The van der Waals surface area contributed by atoms with Crippen LogP contribution in [0.2, 0.25) is 0 Å². The highest BCUT2D eigenvalue weighted by Crippen LogP contribution is 2.17. The van der Waals surface area contributed by atoms with Gasteiger partial charge in [-0.1, -0.05) is 257 Å². The average Bonchev–Trinajstić information content (AvgIpc) is 3.31. The highest BCUT2D eigenvalue weighted by Gasteiger charge is 2.19. The number of esters is 3. The number of rotatable bonds is 54. The third-order valence-corrected chi connectivity index (χ3v) is 13.2. The Bertz CT molecular complexity index is 1070. The molecule has 0 aliphatic carbocycles. The van der Waals surface area contributed by atoms with Crippen LogP contribution < -0.4 is 0 Å². The lowest BCUT2D eigenvalue weighted by Gasteiger charge is -2.18. The van der Waals surface area contributed by atoms with E-state index in [0.717, 1.165) is 70.6 Å². The van der Waals surface area contributed by atoms with E-state index in [0.29, 0.717) is 19.3 Å². The van der Waals surface area contributed by atoms with Crippen molar-refractivity contribution in [2.45, 2.75) is 329 Å². The second-order valence-electron chi connectivity index (χ2n) is 19.9. The Morgan fingerprint density at radius 3 is 0.758 bits per heavy atom. The van der Waals surface area contributed by atoms with Crippen molar-refractivity contribution < 1.29 is 28.6 Å². The van der Waals surface area contributed by atoms with E-state index >= 15 is 0 Å². The molecule has 6 nitrogen and oxygen atoms in total. The van der Waals surface area contributed by atoms with Gasteiger partial charge in [0.25, 0.3) is 0 Å². The lowest BCUT2D eigenvalue weighted by Crippen LogP contribution is -2.30. The summed E-state index contributed by atoms with van der Waals surface area (Å²) < 4.78 is 16.9.